The van der Waals surface area contributed by atoms with Crippen molar-refractivity contribution >= 4 is 0 Å². The molecule has 0 fully saturated rings. The minimum absolute atomic E-state index is 0.574. The van der Waals surface area contributed by atoms with Crippen LogP contribution in [0, 0.1) is 11.3 Å². The Kier molecular flexibility index (Phi) is 5.47. The van der Waals surface area contributed by atoms with Crippen LogP contribution >= 0.6 is 0 Å². The lowest BCUT2D eigenvalue weighted by atomic mass is 10.1. The number of hydrogen-bond donors (Lipinski definition) is 0. The van der Waals surface area contributed by atoms with Gasteiger partial charge in [-0.2, -0.15) is 5.26 Å². The summed E-state index contributed by atoms with van der Waals surface area (Å²) < 4.78 is 10.1. The van der Waals surface area contributed by atoms with E-state index in [0.29, 0.717) is 17.9 Å². The molecule has 1 aromatic rings. The van der Waals surface area contributed by atoms with Gasteiger partial charge in [-0.1, -0.05) is 6.07 Å². The average molecular weight is 234 g/mol. The van der Waals surface area contributed by atoms with Gasteiger partial charge in [-0.05, 0) is 24.7 Å². The van der Waals surface area contributed by atoms with E-state index in [-0.39, 0.29) is 0 Å². The molecular weight excluding hydrogens is 216 g/mol. The quantitative estimate of drug-likeness (QED) is 0.750. The summed E-state index contributed by atoms with van der Waals surface area (Å²) in [5.41, 5.74) is 1.67. The van der Waals surface area contributed by atoms with E-state index in [0.717, 1.165) is 18.7 Å². The van der Waals surface area contributed by atoms with Gasteiger partial charge >= 0.3 is 0 Å². The Balaban J connectivity index is 2.69. The number of methoxy groups -OCH3 is 2. The van der Waals surface area contributed by atoms with Crippen molar-refractivity contribution in [3.05, 3.63) is 29.3 Å². The van der Waals surface area contributed by atoms with E-state index in [9.17, 15) is 0 Å². The van der Waals surface area contributed by atoms with Gasteiger partial charge in [0.2, 0.25) is 0 Å². The zero-order chi connectivity index (χ0) is 12.7. The summed E-state index contributed by atoms with van der Waals surface area (Å²) in [5, 5.41) is 8.99. The van der Waals surface area contributed by atoms with E-state index in [4.69, 9.17) is 14.7 Å². The van der Waals surface area contributed by atoms with Gasteiger partial charge in [-0.3, -0.25) is 4.90 Å². The van der Waals surface area contributed by atoms with Crippen LogP contribution in [0.4, 0.5) is 0 Å². The Hall–Kier alpha value is -1.57. The van der Waals surface area contributed by atoms with E-state index >= 15 is 0 Å². The molecule has 17 heavy (non-hydrogen) atoms. The average Bonchev–Trinajstić information content (AvgIpc) is 2.36. The fourth-order valence-electron chi connectivity index (χ4n) is 1.58. The molecule has 0 aliphatic rings. The predicted octanol–water partition coefficient (Wildman–Crippen LogP) is 1.65. The number of likely N-dealkylation sites (N-methyl/N-ethyl adjacent to an activating group) is 1. The van der Waals surface area contributed by atoms with E-state index in [1.807, 2.05) is 25.2 Å². The SMILES string of the molecule is COCCN(C)Cc1ccc(OC)c(C#N)c1. The Morgan fingerprint density at radius 3 is 2.71 bits per heavy atom. The van der Waals surface area contributed by atoms with E-state index < -0.39 is 0 Å². The lowest BCUT2D eigenvalue weighted by Gasteiger charge is -2.16. The third-order valence-corrected chi connectivity index (χ3v) is 2.51. The van der Waals surface area contributed by atoms with Gasteiger partial charge < -0.3 is 9.47 Å². The summed E-state index contributed by atoms with van der Waals surface area (Å²) >= 11 is 0. The van der Waals surface area contributed by atoms with Gasteiger partial charge in [-0.25, -0.2) is 0 Å². The zero-order valence-corrected chi connectivity index (χ0v) is 10.6. The van der Waals surface area contributed by atoms with Crippen LogP contribution in [0.2, 0.25) is 0 Å². The molecule has 0 unspecified atom stereocenters. The van der Waals surface area contributed by atoms with Crippen LogP contribution in [-0.4, -0.2) is 39.3 Å². The molecule has 4 heteroatoms. The lowest BCUT2D eigenvalue weighted by molar-refractivity contribution is 0.158. The standard InChI is InChI=1S/C13H18N2O2/c1-15(6-7-16-2)10-11-4-5-13(17-3)12(8-11)9-14/h4-5,8H,6-7,10H2,1-3H3. The van der Waals surface area contributed by atoms with Crippen molar-refractivity contribution in [1.82, 2.24) is 4.90 Å². The van der Waals surface area contributed by atoms with Gasteiger partial charge in [0, 0.05) is 20.2 Å². The smallest absolute Gasteiger partial charge is 0.136 e. The highest BCUT2D eigenvalue weighted by atomic mass is 16.5. The first-order chi connectivity index (χ1) is 8.21. The number of nitriles is 1. The highest BCUT2D eigenvalue weighted by molar-refractivity contribution is 5.45. The predicted molar refractivity (Wildman–Crippen MR) is 65.9 cm³/mol. The molecule has 0 heterocycles. The summed E-state index contributed by atoms with van der Waals surface area (Å²) in [6.45, 7) is 2.37. The number of nitrogens with zero attached hydrogens (tertiary/aromatic N) is 2. The molecule has 4 nitrogen and oxygen atoms in total. The third-order valence-electron chi connectivity index (χ3n) is 2.51. The second kappa shape index (κ2) is 6.89. The molecule has 0 amide bonds. The van der Waals surface area contributed by atoms with Gasteiger partial charge in [0.1, 0.15) is 11.8 Å². The molecule has 0 bridgehead atoms. The molecule has 1 rings (SSSR count). The maximum atomic E-state index is 8.99. The van der Waals surface area contributed by atoms with Gasteiger partial charge in [0.05, 0.1) is 19.3 Å². The Labute approximate surface area is 102 Å². The summed E-state index contributed by atoms with van der Waals surface area (Å²) in [5.74, 6) is 0.621. The van der Waals surface area contributed by atoms with E-state index in [1.165, 1.54) is 0 Å². The molecule has 92 valence electrons. The van der Waals surface area contributed by atoms with Crippen molar-refractivity contribution < 1.29 is 9.47 Å². The van der Waals surface area contributed by atoms with Crippen LogP contribution in [0.3, 0.4) is 0 Å². The molecule has 0 saturated carbocycles. The molecule has 0 aliphatic carbocycles. The maximum Gasteiger partial charge on any atom is 0.136 e. The Morgan fingerprint density at radius 2 is 2.12 bits per heavy atom. The van der Waals surface area contributed by atoms with Crippen molar-refractivity contribution in [3.8, 4) is 11.8 Å². The normalized spacial score (nSPS) is 10.3. The third kappa shape index (κ3) is 4.06. The maximum absolute atomic E-state index is 8.99. The topological polar surface area (TPSA) is 45.5 Å². The van der Waals surface area contributed by atoms with Crippen LogP contribution in [0.25, 0.3) is 0 Å². The fraction of sp³-hybridized carbons (Fsp3) is 0.462. The summed E-state index contributed by atoms with van der Waals surface area (Å²) in [6.07, 6.45) is 0. The number of rotatable bonds is 6. The zero-order valence-electron chi connectivity index (χ0n) is 10.6. The Morgan fingerprint density at radius 1 is 1.35 bits per heavy atom. The van der Waals surface area contributed by atoms with E-state index in [2.05, 4.69) is 11.0 Å². The van der Waals surface area contributed by atoms with Gasteiger partial charge in [0.25, 0.3) is 0 Å². The number of hydrogen-bond acceptors (Lipinski definition) is 4. The van der Waals surface area contributed by atoms with Crippen LogP contribution in [0.15, 0.2) is 18.2 Å². The fourth-order valence-corrected chi connectivity index (χ4v) is 1.58. The first-order valence-electron chi connectivity index (χ1n) is 5.45. The first-order valence-corrected chi connectivity index (χ1v) is 5.45. The highest BCUT2D eigenvalue weighted by Crippen LogP contribution is 2.19. The summed E-state index contributed by atoms with van der Waals surface area (Å²) in [7, 11) is 5.28. The van der Waals surface area contributed by atoms with Crippen molar-refractivity contribution in [2.24, 2.45) is 0 Å². The monoisotopic (exact) mass is 234 g/mol. The second-order valence-corrected chi connectivity index (χ2v) is 3.88. The largest absolute Gasteiger partial charge is 0.495 e. The number of ether oxygens (including phenoxy) is 2. The summed E-state index contributed by atoms with van der Waals surface area (Å²) in [6, 6.07) is 7.80. The molecule has 0 saturated heterocycles. The van der Waals surface area contributed by atoms with E-state index in [1.54, 1.807) is 14.2 Å². The van der Waals surface area contributed by atoms with Crippen LogP contribution < -0.4 is 4.74 Å². The van der Waals surface area contributed by atoms with Gasteiger partial charge in [0.15, 0.2) is 0 Å². The molecule has 0 N–H and O–H groups in total. The van der Waals surface area contributed by atoms with Crippen molar-refractivity contribution in [3.63, 3.8) is 0 Å². The molecule has 0 aromatic heterocycles. The van der Waals surface area contributed by atoms with Crippen molar-refractivity contribution in [2.45, 2.75) is 6.54 Å². The van der Waals surface area contributed by atoms with Crippen LogP contribution in [0.5, 0.6) is 5.75 Å². The molecule has 0 radical (unpaired) electrons. The van der Waals surface area contributed by atoms with Crippen molar-refractivity contribution in [2.75, 3.05) is 34.4 Å². The molecular formula is C13H18N2O2. The minimum atomic E-state index is 0.574. The van der Waals surface area contributed by atoms with Crippen molar-refractivity contribution in [1.29, 1.82) is 5.26 Å². The molecule has 1 aromatic carbocycles. The number of benzene rings is 1. The Bertz CT molecular complexity index is 399. The molecule has 0 aliphatic heterocycles. The van der Waals surface area contributed by atoms with Crippen LogP contribution in [0.1, 0.15) is 11.1 Å². The first kappa shape index (κ1) is 13.5. The summed E-state index contributed by atoms with van der Waals surface area (Å²) in [4.78, 5) is 2.15. The molecule has 0 atom stereocenters. The minimum Gasteiger partial charge on any atom is -0.495 e. The lowest BCUT2D eigenvalue weighted by Crippen LogP contribution is -2.22. The second-order valence-electron chi connectivity index (χ2n) is 3.88. The van der Waals surface area contributed by atoms with Crippen LogP contribution in [-0.2, 0) is 11.3 Å². The highest BCUT2D eigenvalue weighted by Gasteiger charge is 2.05. The molecule has 0 spiro atoms. The van der Waals surface area contributed by atoms with Gasteiger partial charge in [-0.15, -0.1) is 0 Å².